The van der Waals surface area contributed by atoms with E-state index >= 15 is 0 Å². The second kappa shape index (κ2) is 12.3. The Kier molecular flexibility index (Phi) is 8.94. The first kappa shape index (κ1) is 25.4. The fraction of sp³-hybridized carbons (Fsp3) is 0.448. The van der Waals surface area contributed by atoms with E-state index in [0.29, 0.717) is 25.6 Å². The number of carbonyl (C=O) groups excluding carboxylic acids is 1. The minimum atomic E-state index is 0.0716. The van der Waals surface area contributed by atoms with E-state index < -0.39 is 0 Å². The average Bonchev–Trinajstić information content (AvgIpc) is 3.33. The van der Waals surface area contributed by atoms with Crippen LogP contribution >= 0.6 is 11.3 Å². The Morgan fingerprint density at radius 2 is 1.91 bits per heavy atom. The Hall–Kier alpha value is -2.70. The Morgan fingerprint density at radius 1 is 1.11 bits per heavy atom. The topological polar surface area (TPSA) is 45.7 Å². The van der Waals surface area contributed by atoms with Crippen molar-refractivity contribution in [3.05, 3.63) is 81.3 Å². The molecule has 1 amide bonds. The van der Waals surface area contributed by atoms with E-state index in [0.717, 1.165) is 47.2 Å². The van der Waals surface area contributed by atoms with Gasteiger partial charge in [0.2, 0.25) is 0 Å². The fourth-order valence-electron chi connectivity index (χ4n) is 4.57. The summed E-state index contributed by atoms with van der Waals surface area (Å²) in [4.78, 5) is 22.7. The Bertz CT molecular complexity index is 1100. The minimum absolute atomic E-state index is 0.0716. The van der Waals surface area contributed by atoms with Crippen LogP contribution in [0.2, 0.25) is 0 Å². The number of nitrogens with zero attached hydrogens (tertiary/aromatic N) is 3. The molecule has 4 rings (SSSR count). The number of piperidine rings is 1. The highest BCUT2D eigenvalue weighted by Crippen LogP contribution is 2.27. The number of rotatable bonds is 10. The van der Waals surface area contributed by atoms with E-state index in [9.17, 15) is 4.79 Å². The van der Waals surface area contributed by atoms with Crippen molar-refractivity contribution in [1.82, 2.24) is 14.8 Å². The van der Waals surface area contributed by atoms with Crippen LogP contribution in [-0.2, 0) is 13.2 Å². The maximum absolute atomic E-state index is 13.5. The predicted molar refractivity (Wildman–Crippen MR) is 143 cm³/mol. The standard InChI is InChI=1S/C29H37N3O2S/c1-22(2)26-12-5-6-13-27(26)34-20-28-30-25(21-35-28)19-32(17-16-31-14-7-4-8-15-31)29(33)24-11-9-10-23(3)18-24/h5-6,9-13,18,21-22H,4,7-8,14-17,19-20H2,1-3H3. The quantitative estimate of drug-likeness (QED) is 0.335. The largest absolute Gasteiger partial charge is 0.486 e. The summed E-state index contributed by atoms with van der Waals surface area (Å²) in [6.07, 6.45) is 3.82. The highest BCUT2D eigenvalue weighted by atomic mass is 32.1. The molecule has 2 aromatic carbocycles. The Labute approximate surface area is 213 Å². The maximum atomic E-state index is 13.5. The van der Waals surface area contributed by atoms with Gasteiger partial charge in [0.25, 0.3) is 5.91 Å². The molecule has 2 heterocycles. The van der Waals surface area contributed by atoms with Gasteiger partial charge in [-0.2, -0.15) is 0 Å². The summed E-state index contributed by atoms with van der Waals surface area (Å²) in [6.45, 7) is 11.2. The second-order valence-corrected chi connectivity index (χ2v) is 10.7. The van der Waals surface area contributed by atoms with Crippen LogP contribution in [0.25, 0.3) is 0 Å². The molecule has 0 spiro atoms. The van der Waals surface area contributed by atoms with Gasteiger partial charge < -0.3 is 14.5 Å². The highest BCUT2D eigenvalue weighted by molar-refractivity contribution is 7.09. The Morgan fingerprint density at radius 3 is 2.69 bits per heavy atom. The first-order chi connectivity index (χ1) is 17.0. The van der Waals surface area contributed by atoms with E-state index in [-0.39, 0.29) is 5.91 Å². The monoisotopic (exact) mass is 491 g/mol. The molecular formula is C29H37N3O2S. The SMILES string of the molecule is Cc1cccc(C(=O)N(CCN2CCCCC2)Cc2csc(COc3ccccc3C(C)C)n2)c1. The van der Waals surface area contributed by atoms with Crippen LogP contribution in [0.15, 0.2) is 53.9 Å². The zero-order chi connectivity index (χ0) is 24.6. The van der Waals surface area contributed by atoms with Crippen molar-refractivity contribution < 1.29 is 9.53 Å². The summed E-state index contributed by atoms with van der Waals surface area (Å²) in [5.41, 5.74) is 3.97. The number of hydrogen-bond donors (Lipinski definition) is 0. The van der Waals surface area contributed by atoms with Gasteiger partial charge in [0, 0.05) is 24.0 Å². The summed E-state index contributed by atoms with van der Waals surface area (Å²) < 4.78 is 6.12. The van der Waals surface area contributed by atoms with Gasteiger partial charge in [-0.3, -0.25) is 4.79 Å². The first-order valence-electron chi connectivity index (χ1n) is 12.7. The third-order valence-electron chi connectivity index (χ3n) is 6.53. The molecule has 0 N–H and O–H groups in total. The van der Waals surface area contributed by atoms with Gasteiger partial charge >= 0.3 is 0 Å². The molecule has 1 saturated heterocycles. The fourth-order valence-corrected chi connectivity index (χ4v) is 5.27. The first-order valence-corrected chi connectivity index (χ1v) is 13.6. The molecule has 0 unspecified atom stereocenters. The smallest absolute Gasteiger partial charge is 0.254 e. The summed E-state index contributed by atoms with van der Waals surface area (Å²) >= 11 is 1.60. The van der Waals surface area contributed by atoms with Gasteiger partial charge in [-0.15, -0.1) is 11.3 Å². The molecular weight excluding hydrogens is 454 g/mol. The lowest BCUT2D eigenvalue weighted by Gasteiger charge is -2.30. The number of ether oxygens (including phenoxy) is 1. The zero-order valence-corrected chi connectivity index (χ0v) is 22.0. The molecule has 1 fully saturated rings. The van der Waals surface area contributed by atoms with Gasteiger partial charge in [0.05, 0.1) is 12.2 Å². The lowest BCUT2D eigenvalue weighted by Crippen LogP contribution is -2.40. The number of carbonyl (C=O) groups is 1. The number of thiazole rings is 1. The van der Waals surface area contributed by atoms with Gasteiger partial charge in [-0.1, -0.05) is 56.2 Å². The molecule has 0 aliphatic carbocycles. The van der Waals surface area contributed by atoms with Gasteiger partial charge in [0.15, 0.2) is 0 Å². The van der Waals surface area contributed by atoms with Crippen LogP contribution in [0.1, 0.15) is 71.2 Å². The van der Waals surface area contributed by atoms with Gasteiger partial charge in [0.1, 0.15) is 17.4 Å². The van der Waals surface area contributed by atoms with Crippen LogP contribution in [0.5, 0.6) is 5.75 Å². The molecule has 0 saturated carbocycles. The minimum Gasteiger partial charge on any atom is -0.486 e. The van der Waals surface area contributed by atoms with Crippen molar-refractivity contribution >= 4 is 17.2 Å². The summed E-state index contributed by atoms with van der Waals surface area (Å²) in [7, 11) is 0. The number of para-hydroxylation sites is 1. The molecule has 1 aliphatic rings. The van der Waals surface area contributed by atoms with Crippen LogP contribution in [0.3, 0.4) is 0 Å². The Balaban J connectivity index is 1.43. The molecule has 0 radical (unpaired) electrons. The molecule has 0 atom stereocenters. The molecule has 0 bridgehead atoms. The number of benzene rings is 2. The number of likely N-dealkylation sites (tertiary alicyclic amines) is 1. The van der Waals surface area contributed by atoms with E-state index in [2.05, 4.69) is 30.2 Å². The molecule has 1 aliphatic heterocycles. The lowest BCUT2D eigenvalue weighted by molar-refractivity contribution is 0.0713. The molecule has 1 aromatic heterocycles. The van der Waals surface area contributed by atoms with Crippen LogP contribution < -0.4 is 4.74 Å². The van der Waals surface area contributed by atoms with Crippen molar-refractivity contribution in [2.75, 3.05) is 26.2 Å². The second-order valence-electron chi connectivity index (χ2n) is 9.71. The summed E-state index contributed by atoms with van der Waals surface area (Å²) in [6, 6.07) is 16.1. The normalized spacial score (nSPS) is 14.3. The molecule has 186 valence electrons. The number of amides is 1. The van der Waals surface area contributed by atoms with Gasteiger partial charge in [-0.05, 0) is 62.5 Å². The molecule has 6 heteroatoms. The van der Waals surface area contributed by atoms with Crippen molar-refractivity contribution in [3.63, 3.8) is 0 Å². The van der Waals surface area contributed by atoms with E-state index in [1.807, 2.05) is 54.3 Å². The number of aromatic nitrogens is 1. The van der Waals surface area contributed by atoms with Gasteiger partial charge in [-0.25, -0.2) is 4.98 Å². The van der Waals surface area contributed by atoms with Crippen LogP contribution in [0, 0.1) is 6.92 Å². The van der Waals surface area contributed by atoms with Crippen LogP contribution in [0.4, 0.5) is 0 Å². The van der Waals surface area contributed by atoms with Crippen molar-refractivity contribution in [1.29, 1.82) is 0 Å². The average molecular weight is 492 g/mol. The van der Waals surface area contributed by atoms with Crippen molar-refractivity contribution in [2.45, 2.75) is 59.1 Å². The van der Waals surface area contributed by atoms with Crippen molar-refractivity contribution in [2.24, 2.45) is 0 Å². The summed E-state index contributed by atoms with van der Waals surface area (Å²) in [5, 5.41) is 2.99. The third-order valence-corrected chi connectivity index (χ3v) is 7.40. The number of hydrogen-bond acceptors (Lipinski definition) is 5. The zero-order valence-electron chi connectivity index (χ0n) is 21.2. The highest BCUT2D eigenvalue weighted by Gasteiger charge is 2.20. The third kappa shape index (κ3) is 7.15. The summed E-state index contributed by atoms with van der Waals surface area (Å²) in [5.74, 6) is 1.39. The van der Waals surface area contributed by atoms with E-state index in [1.165, 1.54) is 24.8 Å². The lowest BCUT2D eigenvalue weighted by atomic mass is 10.0. The molecule has 3 aromatic rings. The molecule has 5 nitrogen and oxygen atoms in total. The van der Waals surface area contributed by atoms with E-state index in [4.69, 9.17) is 9.72 Å². The number of aryl methyl sites for hydroxylation is 1. The maximum Gasteiger partial charge on any atom is 0.254 e. The van der Waals surface area contributed by atoms with E-state index in [1.54, 1.807) is 11.3 Å². The van der Waals surface area contributed by atoms with Crippen LogP contribution in [-0.4, -0.2) is 46.9 Å². The molecule has 35 heavy (non-hydrogen) atoms. The predicted octanol–water partition coefficient (Wildman–Crippen LogP) is 6.28. The van der Waals surface area contributed by atoms with Crippen molar-refractivity contribution in [3.8, 4) is 5.75 Å².